The molecule has 1 aliphatic rings. The molecule has 1 saturated carbocycles. The number of halogens is 2. The molecule has 27 heavy (non-hydrogen) atoms. The van der Waals surface area contributed by atoms with Gasteiger partial charge in [0.2, 0.25) is 0 Å². The largest absolute Gasteiger partial charge is 0.407 e. The van der Waals surface area contributed by atoms with Crippen molar-refractivity contribution in [1.82, 2.24) is 0 Å². The fourth-order valence-electron chi connectivity index (χ4n) is 4.31. The van der Waals surface area contributed by atoms with Crippen LogP contribution in [0.25, 0.3) is 0 Å². The van der Waals surface area contributed by atoms with Gasteiger partial charge in [0.25, 0.3) is 14.2 Å². The molecule has 0 unspecified atom stereocenters. The number of nitrogens with two attached hydrogens (primary N) is 1. The second kappa shape index (κ2) is 7.45. The maximum atomic E-state index is 14.4. The van der Waals surface area contributed by atoms with Crippen molar-refractivity contribution in [1.29, 1.82) is 0 Å². The van der Waals surface area contributed by atoms with Crippen LogP contribution in [0, 0.1) is 5.92 Å². The summed E-state index contributed by atoms with van der Waals surface area (Å²) in [6.07, 6.45) is 0.0625. The molecule has 0 aliphatic heterocycles. The fraction of sp³-hybridized carbons (Fsp3) is 0.455. The summed E-state index contributed by atoms with van der Waals surface area (Å²) in [5.74, 6) is -3.58. The molecule has 2 atom stereocenters. The van der Waals surface area contributed by atoms with Crippen LogP contribution in [-0.4, -0.2) is 26.9 Å². The summed E-state index contributed by atoms with van der Waals surface area (Å²) in [4.78, 5) is 0. The Balaban J connectivity index is 2.05. The highest BCUT2D eigenvalue weighted by atomic mass is 28.4. The SMILES string of the molecule is CC(C)(C)[Si](OC[C@H]1C[C@H](N)CC1(F)F)(c1ccccc1)c1ccccc1. The molecule has 146 valence electrons. The van der Waals surface area contributed by atoms with Crippen LogP contribution in [0.3, 0.4) is 0 Å². The second-order valence-corrected chi connectivity index (χ2v) is 12.9. The highest BCUT2D eigenvalue weighted by Crippen LogP contribution is 2.42. The second-order valence-electron chi connectivity index (χ2n) is 8.63. The monoisotopic (exact) mass is 389 g/mol. The normalized spacial score (nSPS) is 22.7. The van der Waals surface area contributed by atoms with Gasteiger partial charge in [0.1, 0.15) is 0 Å². The van der Waals surface area contributed by atoms with Crippen LogP contribution in [0.5, 0.6) is 0 Å². The fourth-order valence-corrected chi connectivity index (χ4v) is 8.92. The van der Waals surface area contributed by atoms with Crippen molar-refractivity contribution >= 4 is 18.7 Å². The van der Waals surface area contributed by atoms with Crippen LogP contribution in [-0.2, 0) is 4.43 Å². The van der Waals surface area contributed by atoms with Gasteiger partial charge in [-0.05, 0) is 21.8 Å². The minimum absolute atomic E-state index is 0.0357. The lowest BCUT2D eigenvalue weighted by Crippen LogP contribution is -2.67. The third kappa shape index (κ3) is 3.86. The van der Waals surface area contributed by atoms with Gasteiger partial charge >= 0.3 is 0 Å². The van der Waals surface area contributed by atoms with E-state index in [9.17, 15) is 8.78 Å². The molecule has 2 N–H and O–H groups in total. The number of hydrogen-bond acceptors (Lipinski definition) is 2. The van der Waals surface area contributed by atoms with Crippen LogP contribution in [0.4, 0.5) is 8.78 Å². The molecule has 2 aromatic carbocycles. The van der Waals surface area contributed by atoms with Crippen molar-refractivity contribution in [2.24, 2.45) is 11.7 Å². The molecule has 0 saturated heterocycles. The first-order valence-electron chi connectivity index (χ1n) is 9.55. The summed E-state index contributed by atoms with van der Waals surface area (Å²) in [7, 11) is -2.78. The van der Waals surface area contributed by atoms with Gasteiger partial charge in [0.05, 0.1) is 0 Å². The van der Waals surface area contributed by atoms with Crippen molar-refractivity contribution in [3.05, 3.63) is 60.7 Å². The third-order valence-electron chi connectivity index (χ3n) is 5.64. The standard InChI is InChI=1S/C22H29F2NOSi/c1-21(2,3)27(19-10-6-4-7-11-19,20-12-8-5-9-13-20)26-16-17-14-18(25)15-22(17,23)24/h4-13,17-18H,14-16,25H2,1-3H3/t17-,18+/m1/s1. The maximum Gasteiger partial charge on any atom is 0.261 e. The topological polar surface area (TPSA) is 35.2 Å². The summed E-state index contributed by atoms with van der Waals surface area (Å²) in [5.41, 5.74) is 5.82. The van der Waals surface area contributed by atoms with E-state index in [1.165, 1.54) is 0 Å². The van der Waals surface area contributed by atoms with Gasteiger partial charge in [0, 0.05) is 25.0 Å². The van der Waals surface area contributed by atoms with E-state index >= 15 is 0 Å². The summed E-state index contributed by atoms with van der Waals surface area (Å²) >= 11 is 0. The summed E-state index contributed by atoms with van der Waals surface area (Å²) in [5, 5.41) is 2.00. The smallest absolute Gasteiger partial charge is 0.261 e. The molecular formula is C22H29F2NOSi. The molecule has 0 amide bonds. The Labute approximate surface area is 161 Å². The lowest BCUT2D eigenvalue weighted by Gasteiger charge is -2.43. The molecule has 2 aromatic rings. The first-order chi connectivity index (χ1) is 12.7. The Hall–Kier alpha value is -1.56. The Morgan fingerprint density at radius 3 is 1.85 bits per heavy atom. The van der Waals surface area contributed by atoms with Crippen LogP contribution >= 0.6 is 0 Å². The number of benzene rings is 2. The lowest BCUT2D eigenvalue weighted by atomic mass is 10.1. The number of rotatable bonds is 5. The Morgan fingerprint density at radius 1 is 1.00 bits per heavy atom. The van der Waals surface area contributed by atoms with Gasteiger partial charge in [-0.1, -0.05) is 81.4 Å². The quantitative estimate of drug-likeness (QED) is 0.787. The lowest BCUT2D eigenvalue weighted by molar-refractivity contribution is -0.0521. The molecule has 3 rings (SSSR count). The van der Waals surface area contributed by atoms with Crippen LogP contribution in [0.2, 0.25) is 5.04 Å². The summed E-state index contributed by atoms with van der Waals surface area (Å²) in [6, 6.07) is 19.8. The Morgan fingerprint density at radius 2 is 1.48 bits per heavy atom. The minimum atomic E-state index is -2.78. The van der Waals surface area contributed by atoms with E-state index < -0.39 is 26.2 Å². The zero-order valence-electron chi connectivity index (χ0n) is 16.3. The van der Waals surface area contributed by atoms with Crippen molar-refractivity contribution in [3.63, 3.8) is 0 Å². The highest BCUT2D eigenvalue weighted by molar-refractivity contribution is 6.99. The average molecular weight is 390 g/mol. The summed E-state index contributed by atoms with van der Waals surface area (Å²) < 4.78 is 35.4. The predicted octanol–water partition coefficient (Wildman–Crippen LogP) is 3.94. The van der Waals surface area contributed by atoms with Crippen LogP contribution < -0.4 is 16.1 Å². The molecule has 0 bridgehead atoms. The van der Waals surface area contributed by atoms with E-state index in [4.69, 9.17) is 10.2 Å². The maximum absolute atomic E-state index is 14.4. The first-order valence-corrected chi connectivity index (χ1v) is 11.5. The molecule has 1 fully saturated rings. The molecular weight excluding hydrogens is 360 g/mol. The van der Waals surface area contributed by atoms with Crippen molar-refractivity contribution < 1.29 is 13.2 Å². The summed E-state index contributed by atoms with van der Waals surface area (Å²) in [6.45, 7) is 6.49. The van der Waals surface area contributed by atoms with Gasteiger partial charge in [-0.15, -0.1) is 0 Å². The van der Waals surface area contributed by atoms with E-state index in [2.05, 4.69) is 45.0 Å². The van der Waals surface area contributed by atoms with Gasteiger partial charge in [-0.2, -0.15) is 0 Å². The highest BCUT2D eigenvalue weighted by Gasteiger charge is 2.53. The predicted molar refractivity (Wildman–Crippen MR) is 109 cm³/mol. The van der Waals surface area contributed by atoms with Crippen LogP contribution in [0.15, 0.2) is 60.7 Å². The van der Waals surface area contributed by atoms with Gasteiger partial charge < -0.3 is 10.2 Å². The van der Waals surface area contributed by atoms with Crippen molar-refractivity contribution in [3.8, 4) is 0 Å². The number of alkyl halides is 2. The third-order valence-corrected chi connectivity index (χ3v) is 10.6. The molecule has 0 spiro atoms. The minimum Gasteiger partial charge on any atom is -0.407 e. The van der Waals surface area contributed by atoms with E-state index in [1.807, 2.05) is 36.4 Å². The van der Waals surface area contributed by atoms with E-state index in [-0.39, 0.29) is 18.1 Å². The molecule has 5 heteroatoms. The van der Waals surface area contributed by atoms with Crippen molar-refractivity contribution in [2.45, 2.75) is 50.6 Å². The molecule has 0 radical (unpaired) electrons. The van der Waals surface area contributed by atoms with E-state index in [1.54, 1.807) is 0 Å². The zero-order valence-corrected chi connectivity index (χ0v) is 17.3. The Bertz CT molecular complexity index is 706. The molecule has 0 aromatic heterocycles. The Kier molecular flexibility index (Phi) is 5.57. The molecule has 2 nitrogen and oxygen atoms in total. The zero-order chi connectivity index (χ0) is 19.7. The van der Waals surface area contributed by atoms with E-state index in [0.717, 1.165) is 10.4 Å². The number of hydrogen-bond donors (Lipinski definition) is 1. The van der Waals surface area contributed by atoms with Crippen molar-refractivity contribution in [2.75, 3.05) is 6.61 Å². The van der Waals surface area contributed by atoms with Gasteiger partial charge in [0.15, 0.2) is 0 Å². The molecule has 0 heterocycles. The van der Waals surface area contributed by atoms with Gasteiger partial charge in [-0.25, -0.2) is 8.78 Å². The van der Waals surface area contributed by atoms with Crippen LogP contribution in [0.1, 0.15) is 33.6 Å². The van der Waals surface area contributed by atoms with E-state index in [0.29, 0.717) is 6.42 Å². The van der Waals surface area contributed by atoms with Gasteiger partial charge in [-0.3, -0.25) is 0 Å². The average Bonchev–Trinajstić information content (AvgIpc) is 2.88. The first kappa shape index (κ1) is 20.2. The molecule has 1 aliphatic carbocycles.